The predicted molar refractivity (Wildman–Crippen MR) is 128 cm³/mol. The molecule has 6 nitrogen and oxygen atoms in total. The third-order valence-corrected chi connectivity index (χ3v) is 8.52. The largest absolute Gasteiger partial charge is 0.368 e. The van der Waals surface area contributed by atoms with Crippen LogP contribution in [0.15, 0.2) is 48.5 Å². The third kappa shape index (κ3) is 5.45. The molecule has 2 saturated heterocycles. The molecule has 32 heavy (non-hydrogen) atoms. The van der Waals surface area contributed by atoms with Gasteiger partial charge in [-0.2, -0.15) is 0 Å². The summed E-state index contributed by atoms with van der Waals surface area (Å²) in [6.45, 7) is 5.71. The van der Waals surface area contributed by atoms with Crippen LogP contribution in [0.1, 0.15) is 24.0 Å². The summed E-state index contributed by atoms with van der Waals surface area (Å²) in [5, 5.41) is 0.713. The lowest BCUT2D eigenvalue weighted by atomic mass is 9.96. The summed E-state index contributed by atoms with van der Waals surface area (Å²) in [6, 6.07) is 15.4. The van der Waals surface area contributed by atoms with Crippen LogP contribution in [0, 0.1) is 12.8 Å². The zero-order valence-corrected chi connectivity index (χ0v) is 20.0. The fourth-order valence-corrected chi connectivity index (χ4v) is 6.23. The van der Waals surface area contributed by atoms with Gasteiger partial charge in [0.2, 0.25) is 15.9 Å². The highest BCUT2D eigenvalue weighted by Gasteiger charge is 2.34. The van der Waals surface area contributed by atoms with Crippen molar-refractivity contribution in [3.05, 3.63) is 64.7 Å². The van der Waals surface area contributed by atoms with E-state index in [0.717, 1.165) is 29.9 Å². The van der Waals surface area contributed by atoms with Crippen LogP contribution in [0.25, 0.3) is 0 Å². The number of benzene rings is 2. The Hall–Kier alpha value is -2.09. The number of nitrogens with zero attached hydrogens (tertiary/aromatic N) is 3. The molecule has 0 aromatic heterocycles. The Balaban J connectivity index is 1.28. The maximum absolute atomic E-state index is 13.0. The number of piperazine rings is 1. The highest BCUT2D eigenvalue weighted by Crippen LogP contribution is 2.25. The van der Waals surface area contributed by atoms with E-state index in [4.69, 9.17) is 11.6 Å². The van der Waals surface area contributed by atoms with Crippen molar-refractivity contribution < 1.29 is 13.2 Å². The summed E-state index contributed by atoms with van der Waals surface area (Å²) >= 11 is 6.10. The smallest absolute Gasteiger partial charge is 0.225 e. The van der Waals surface area contributed by atoms with Gasteiger partial charge in [0.1, 0.15) is 0 Å². The van der Waals surface area contributed by atoms with Crippen molar-refractivity contribution in [1.82, 2.24) is 9.21 Å². The maximum atomic E-state index is 13.0. The Morgan fingerprint density at radius 2 is 1.62 bits per heavy atom. The zero-order valence-electron chi connectivity index (χ0n) is 18.4. The van der Waals surface area contributed by atoms with E-state index in [1.807, 2.05) is 60.4 Å². The maximum Gasteiger partial charge on any atom is 0.225 e. The molecule has 2 aliphatic heterocycles. The Labute approximate surface area is 195 Å². The molecule has 0 unspecified atom stereocenters. The molecular weight excluding hydrogens is 446 g/mol. The molecule has 2 aromatic carbocycles. The first kappa shape index (κ1) is 23.1. The summed E-state index contributed by atoms with van der Waals surface area (Å²) in [6.07, 6.45) is 1.17. The van der Waals surface area contributed by atoms with Crippen LogP contribution >= 0.6 is 11.6 Å². The number of sulfonamides is 1. The number of aryl methyl sites for hydroxylation is 1. The van der Waals surface area contributed by atoms with Crippen LogP contribution in [0.4, 0.5) is 5.69 Å². The number of hydrogen-bond donors (Lipinski definition) is 0. The van der Waals surface area contributed by atoms with Gasteiger partial charge in [-0.3, -0.25) is 4.79 Å². The van der Waals surface area contributed by atoms with Gasteiger partial charge in [0.05, 0.1) is 5.75 Å². The fourth-order valence-electron chi connectivity index (χ4n) is 4.48. The minimum atomic E-state index is -3.37. The second kappa shape index (κ2) is 9.81. The number of rotatable bonds is 5. The van der Waals surface area contributed by atoms with E-state index in [-0.39, 0.29) is 17.6 Å². The van der Waals surface area contributed by atoms with Crippen LogP contribution in [0.3, 0.4) is 0 Å². The minimum absolute atomic E-state index is 0.0113. The van der Waals surface area contributed by atoms with Crippen LogP contribution in [0.5, 0.6) is 0 Å². The number of anilines is 1. The van der Waals surface area contributed by atoms with Crippen LogP contribution in [-0.4, -0.2) is 62.8 Å². The molecule has 0 atom stereocenters. The van der Waals surface area contributed by atoms with E-state index in [1.165, 1.54) is 0 Å². The highest BCUT2D eigenvalue weighted by molar-refractivity contribution is 7.88. The summed E-state index contributed by atoms with van der Waals surface area (Å²) in [5.41, 5.74) is 2.99. The first-order chi connectivity index (χ1) is 15.3. The fraction of sp³-hybridized carbons (Fsp3) is 0.458. The van der Waals surface area contributed by atoms with E-state index in [1.54, 1.807) is 4.31 Å². The van der Waals surface area contributed by atoms with E-state index in [2.05, 4.69) is 4.90 Å². The molecule has 0 bridgehead atoms. The molecule has 0 N–H and O–H groups in total. The Bertz CT molecular complexity index is 1040. The highest BCUT2D eigenvalue weighted by atomic mass is 35.5. The van der Waals surface area contributed by atoms with Crippen molar-refractivity contribution in [1.29, 1.82) is 0 Å². The second-order valence-electron chi connectivity index (χ2n) is 8.71. The summed E-state index contributed by atoms with van der Waals surface area (Å²) in [7, 11) is -3.37. The van der Waals surface area contributed by atoms with Crippen molar-refractivity contribution in [2.45, 2.75) is 25.5 Å². The molecule has 2 aromatic rings. The molecule has 2 heterocycles. The van der Waals surface area contributed by atoms with Gasteiger partial charge in [-0.15, -0.1) is 0 Å². The summed E-state index contributed by atoms with van der Waals surface area (Å²) in [4.78, 5) is 17.2. The molecule has 0 spiro atoms. The van der Waals surface area contributed by atoms with Gasteiger partial charge < -0.3 is 9.80 Å². The van der Waals surface area contributed by atoms with Crippen molar-refractivity contribution in [3.8, 4) is 0 Å². The standard InChI is InChI=1S/C24H30ClN3O3S/c1-19-5-7-20(8-6-19)18-32(30,31)28-11-9-21(10-12-28)24(29)27-15-13-26(14-16-27)23-4-2-3-22(25)17-23/h2-8,17,21H,9-16,18H2,1H3. The summed E-state index contributed by atoms with van der Waals surface area (Å²) in [5.74, 6) is 0.0713. The Morgan fingerprint density at radius 1 is 0.969 bits per heavy atom. The average Bonchev–Trinajstić information content (AvgIpc) is 2.80. The minimum Gasteiger partial charge on any atom is -0.368 e. The van der Waals surface area contributed by atoms with Gasteiger partial charge in [-0.05, 0) is 43.5 Å². The van der Waals surface area contributed by atoms with Crippen molar-refractivity contribution >= 4 is 33.2 Å². The topological polar surface area (TPSA) is 60.9 Å². The molecule has 1 amide bonds. The molecule has 172 valence electrons. The quantitative estimate of drug-likeness (QED) is 0.663. The number of amides is 1. The number of piperidine rings is 1. The third-order valence-electron chi connectivity index (χ3n) is 6.43. The lowest BCUT2D eigenvalue weighted by Crippen LogP contribution is -2.52. The molecule has 2 aliphatic rings. The Kier molecular flexibility index (Phi) is 7.08. The van der Waals surface area contributed by atoms with Gasteiger partial charge in [-0.25, -0.2) is 12.7 Å². The SMILES string of the molecule is Cc1ccc(CS(=O)(=O)N2CCC(C(=O)N3CCN(c4cccc(Cl)c4)CC3)CC2)cc1. The van der Waals surface area contributed by atoms with Crippen molar-refractivity contribution in [2.24, 2.45) is 5.92 Å². The first-order valence-corrected chi connectivity index (χ1v) is 13.1. The molecule has 0 saturated carbocycles. The van der Waals surface area contributed by atoms with Gasteiger partial charge in [0.25, 0.3) is 0 Å². The molecule has 2 fully saturated rings. The van der Waals surface area contributed by atoms with Crippen LogP contribution in [0.2, 0.25) is 5.02 Å². The lowest BCUT2D eigenvalue weighted by Gasteiger charge is -2.39. The van der Waals surface area contributed by atoms with Crippen molar-refractivity contribution in [2.75, 3.05) is 44.2 Å². The number of hydrogen-bond acceptors (Lipinski definition) is 4. The number of carbonyl (C=O) groups excluding carboxylic acids is 1. The zero-order chi connectivity index (χ0) is 22.7. The molecule has 0 radical (unpaired) electrons. The lowest BCUT2D eigenvalue weighted by molar-refractivity contribution is -0.137. The summed E-state index contributed by atoms with van der Waals surface area (Å²) < 4.78 is 27.2. The second-order valence-corrected chi connectivity index (χ2v) is 11.1. The van der Waals surface area contributed by atoms with Gasteiger partial charge in [0.15, 0.2) is 0 Å². The Morgan fingerprint density at radius 3 is 2.25 bits per heavy atom. The molecular formula is C24H30ClN3O3S. The average molecular weight is 476 g/mol. The van der Waals surface area contributed by atoms with E-state index in [0.29, 0.717) is 44.0 Å². The van der Waals surface area contributed by atoms with Gasteiger partial charge in [-0.1, -0.05) is 47.5 Å². The van der Waals surface area contributed by atoms with Gasteiger partial charge >= 0.3 is 0 Å². The molecule has 0 aliphatic carbocycles. The van der Waals surface area contributed by atoms with E-state index >= 15 is 0 Å². The van der Waals surface area contributed by atoms with Crippen molar-refractivity contribution in [3.63, 3.8) is 0 Å². The first-order valence-electron chi connectivity index (χ1n) is 11.1. The predicted octanol–water partition coefficient (Wildman–Crippen LogP) is 3.54. The van der Waals surface area contributed by atoms with E-state index in [9.17, 15) is 13.2 Å². The number of halogens is 1. The monoisotopic (exact) mass is 475 g/mol. The van der Waals surface area contributed by atoms with Crippen LogP contribution < -0.4 is 4.90 Å². The van der Waals surface area contributed by atoms with E-state index < -0.39 is 10.0 Å². The normalized spacial score (nSPS) is 18.7. The van der Waals surface area contributed by atoms with Crippen LogP contribution in [-0.2, 0) is 20.6 Å². The van der Waals surface area contributed by atoms with Gasteiger partial charge in [0, 0.05) is 55.9 Å². The molecule has 4 rings (SSSR count). The molecule has 8 heteroatoms. The number of carbonyl (C=O) groups is 1.